The lowest BCUT2D eigenvalue weighted by molar-refractivity contribution is -0.199. The van der Waals surface area contributed by atoms with Gasteiger partial charge in [0.1, 0.15) is 45.7 Å². The van der Waals surface area contributed by atoms with Crippen LogP contribution in [0.4, 0.5) is 24.8 Å². The minimum absolute atomic E-state index is 0.186. The first-order valence-electron chi connectivity index (χ1n) is 12.9. The van der Waals surface area contributed by atoms with Gasteiger partial charge in [-0.2, -0.15) is 13.2 Å². The molecule has 1 saturated heterocycles. The summed E-state index contributed by atoms with van der Waals surface area (Å²) in [6.07, 6.45) is -0.286. The Morgan fingerprint density at radius 2 is 1.95 bits per heavy atom. The van der Waals surface area contributed by atoms with Gasteiger partial charge in [0.2, 0.25) is 0 Å². The third kappa shape index (κ3) is 5.10. The monoisotopic (exact) mass is 587 g/mol. The van der Waals surface area contributed by atoms with E-state index in [4.69, 9.17) is 27.1 Å². The number of anilines is 2. The summed E-state index contributed by atoms with van der Waals surface area (Å²) in [6, 6.07) is 7.91. The molecule has 4 N–H and O–H groups in total. The number of pyridine rings is 1. The summed E-state index contributed by atoms with van der Waals surface area (Å²) in [7, 11) is 0. The lowest BCUT2D eigenvalue weighted by Gasteiger charge is -2.48. The molecule has 41 heavy (non-hydrogen) atoms. The number of halogens is 4. The highest BCUT2D eigenvalue weighted by Crippen LogP contribution is 2.40. The number of nitrogens with one attached hydrogen (secondary N) is 1. The van der Waals surface area contributed by atoms with Crippen molar-refractivity contribution < 1.29 is 27.8 Å². The van der Waals surface area contributed by atoms with E-state index in [9.17, 15) is 23.1 Å². The van der Waals surface area contributed by atoms with Crippen LogP contribution in [0.2, 0.25) is 5.15 Å². The second-order valence-electron chi connectivity index (χ2n) is 10.1. The molecule has 1 atom stereocenters. The lowest BCUT2D eigenvalue weighted by atomic mass is 9.86. The average Bonchev–Trinajstić information content (AvgIpc) is 3.36. The minimum atomic E-state index is -4.56. The number of benzene rings is 1. The van der Waals surface area contributed by atoms with Gasteiger partial charge < -0.3 is 20.9 Å². The standard InChI is InChI=1S/C27H25ClF3N7O3/c28-19-13-34-23(32)22-21(36-24(38(19)22)18-14-37(10-11-41-18)26(40)7-1-8-26)15-2-4-16(5-3-15)25(39)35-20-12-17(6-9-33-20)27(29,30)31/h2-6,9,12-13,18,40H,1,7-8,10-11,14H2,(H2,32,34)(H,33,35,39). The van der Waals surface area contributed by atoms with Crippen LogP contribution in [-0.4, -0.2) is 60.7 Å². The molecule has 0 spiro atoms. The predicted molar refractivity (Wildman–Crippen MR) is 144 cm³/mol. The zero-order valence-corrected chi connectivity index (χ0v) is 22.3. The summed E-state index contributed by atoms with van der Waals surface area (Å²) in [5, 5.41) is 13.6. The Hall–Kier alpha value is -3.78. The number of hydrogen-bond acceptors (Lipinski definition) is 8. The summed E-state index contributed by atoms with van der Waals surface area (Å²) in [5.41, 5.74) is 6.22. The van der Waals surface area contributed by atoms with Crippen LogP contribution in [0.3, 0.4) is 0 Å². The fourth-order valence-corrected chi connectivity index (χ4v) is 5.40. The molecule has 1 aliphatic carbocycles. The number of carbonyl (C=O) groups excluding carboxylic acids is 1. The first-order chi connectivity index (χ1) is 19.5. The van der Waals surface area contributed by atoms with Crippen molar-refractivity contribution in [3.63, 3.8) is 0 Å². The van der Waals surface area contributed by atoms with Gasteiger partial charge in [-0.1, -0.05) is 23.7 Å². The molecule has 2 aliphatic rings. The van der Waals surface area contributed by atoms with Crippen molar-refractivity contribution in [3.05, 3.63) is 70.9 Å². The molecule has 10 nitrogen and oxygen atoms in total. The minimum Gasteiger partial charge on any atom is -0.382 e. The molecule has 4 aromatic rings. The Kier molecular flexibility index (Phi) is 6.85. The van der Waals surface area contributed by atoms with E-state index in [1.807, 2.05) is 4.90 Å². The molecule has 1 unspecified atom stereocenters. The first kappa shape index (κ1) is 27.4. The van der Waals surface area contributed by atoms with Crippen LogP contribution in [0.15, 0.2) is 48.8 Å². The van der Waals surface area contributed by atoms with Crippen molar-refractivity contribution in [3.8, 4) is 11.3 Å². The number of ether oxygens (including phenoxy) is 1. The molecule has 0 bridgehead atoms. The number of carbonyl (C=O) groups is 1. The number of nitrogen functional groups attached to an aromatic ring is 1. The number of rotatable bonds is 5. The fourth-order valence-electron chi connectivity index (χ4n) is 5.18. The van der Waals surface area contributed by atoms with Crippen LogP contribution in [0.5, 0.6) is 0 Å². The van der Waals surface area contributed by atoms with E-state index in [-0.39, 0.29) is 22.4 Å². The second kappa shape index (κ2) is 10.2. The maximum absolute atomic E-state index is 13.0. The number of aromatic nitrogens is 4. The van der Waals surface area contributed by atoms with E-state index in [2.05, 4.69) is 15.3 Å². The summed E-state index contributed by atoms with van der Waals surface area (Å²) >= 11 is 6.56. The maximum atomic E-state index is 13.0. The number of nitrogens with zero attached hydrogens (tertiary/aromatic N) is 5. The number of aliphatic hydroxyl groups is 1. The van der Waals surface area contributed by atoms with Gasteiger partial charge in [0.15, 0.2) is 0 Å². The molecule has 0 radical (unpaired) electrons. The molecule has 6 rings (SSSR count). The lowest BCUT2D eigenvalue weighted by Crippen LogP contribution is -2.57. The Balaban J connectivity index is 1.30. The number of fused-ring (bicyclic) bond motifs is 1. The Morgan fingerprint density at radius 3 is 2.63 bits per heavy atom. The van der Waals surface area contributed by atoms with Gasteiger partial charge in [-0.05, 0) is 43.5 Å². The highest BCUT2D eigenvalue weighted by molar-refractivity contribution is 6.30. The number of nitrogens with two attached hydrogens (primary N) is 1. The van der Waals surface area contributed by atoms with Crippen molar-refractivity contribution in [2.75, 3.05) is 30.7 Å². The normalized spacial score (nSPS) is 19.2. The number of hydrogen-bond donors (Lipinski definition) is 3. The zero-order chi connectivity index (χ0) is 28.9. The van der Waals surface area contributed by atoms with E-state index < -0.39 is 29.5 Å². The van der Waals surface area contributed by atoms with E-state index in [1.165, 1.54) is 18.3 Å². The molecule has 1 amide bonds. The quantitative estimate of drug-likeness (QED) is 0.310. The van der Waals surface area contributed by atoms with Gasteiger partial charge in [0.05, 0.1) is 18.4 Å². The van der Waals surface area contributed by atoms with Crippen molar-refractivity contribution in [2.45, 2.75) is 37.3 Å². The van der Waals surface area contributed by atoms with Crippen molar-refractivity contribution in [2.24, 2.45) is 0 Å². The molecule has 2 fully saturated rings. The Bertz CT molecular complexity index is 1620. The van der Waals surface area contributed by atoms with Gasteiger partial charge in [0, 0.05) is 30.4 Å². The predicted octanol–water partition coefficient (Wildman–Crippen LogP) is 4.54. The van der Waals surface area contributed by atoms with Crippen molar-refractivity contribution >= 4 is 34.7 Å². The summed E-state index contributed by atoms with van der Waals surface area (Å²) < 4.78 is 46.8. The smallest absolute Gasteiger partial charge is 0.382 e. The third-order valence-electron chi connectivity index (χ3n) is 7.52. The van der Waals surface area contributed by atoms with E-state index in [0.717, 1.165) is 24.8 Å². The van der Waals surface area contributed by atoms with Crippen molar-refractivity contribution in [1.29, 1.82) is 0 Å². The first-order valence-corrected chi connectivity index (χ1v) is 13.3. The number of amides is 1. The molecule has 214 valence electrons. The Morgan fingerprint density at radius 1 is 1.20 bits per heavy atom. The SMILES string of the molecule is Nc1ncc(Cl)n2c(C3CN(C4(O)CCC4)CCO3)nc(-c3ccc(C(=O)Nc4cc(C(F)(F)F)ccn4)cc3)c12. The van der Waals surface area contributed by atoms with Crippen molar-refractivity contribution in [1.82, 2.24) is 24.3 Å². The van der Waals surface area contributed by atoms with Gasteiger partial charge in [-0.25, -0.2) is 15.0 Å². The zero-order valence-electron chi connectivity index (χ0n) is 21.5. The van der Waals surface area contributed by atoms with Crippen LogP contribution in [0.25, 0.3) is 16.8 Å². The molecule has 1 saturated carbocycles. The highest BCUT2D eigenvalue weighted by Gasteiger charge is 2.43. The highest BCUT2D eigenvalue weighted by atomic mass is 35.5. The average molecular weight is 588 g/mol. The largest absolute Gasteiger partial charge is 0.416 e. The van der Waals surface area contributed by atoms with E-state index in [1.54, 1.807) is 16.5 Å². The molecular weight excluding hydrogens is 563 g/mol. The van der Waals surface area contributed by atoms with Crippen LogP contribution in [0, 0.1) is 0 Å². The van der Waals surface area contributed by atoms with Crippen LogP contribution in [-0.2, 0) is 10.9 Å². The number of alkyl halides is 3. The molecule has 1 aromatic carbocycles. The molecule has 3 aromatic heterocycles. The Labute approximate surface area is 236 Å². The molecular formula is C27H25ClF3N7O3. The van der Waals surface area contributed by atoms with Crippen LogP contribution in [0.1, 0.15) is 47.1 Å². The number of imidazole rings is 1. The van der Waals surface area contributed by atoms with Gasteiger partial charge in [0.25, 0.3) is 5.91 Å². The topological polar surface area (TPSA) is 131 Å². The summed E-state index contributed by atoms with van der Waals surface area (Å²) in [4.78, 5) is 27.6. The number of morpholine rings is 1. The molecule has 14 heteroatoms. The summed E-state index contributed by atoms with van der Waals surface area (Å²) in [6.45, 7) is 1.41. The summed E-state index contributed by atoms with van der Waals surface area (Å²) in [5.74, 6) is -0.169. The second-order valence-corrected chi connectivity index (χ2v) is 10.5. The van der Waals surface area contributed by atoms with Gasteiger partial charge in [-0.3, -0.25) is 14.1 Å². The maximum Gasteiger partial charge on any atom is 0.416 e. The molecule has 1 aliphatic heterocycles. The van der Waals surface area contributed by atoms with E-state index in [0.29, 0.717) is 55.1 Å². The van der Waals surface area contributed by atoms with Crippen LogP contribution < -0.4 is 11.1 Å². The van der Waals surface area contributed by atoms with Gasteiger partial charge in [-0.15, -0.1) is 0 Å². The van der Waals surface area contributed by atoms with Crippen LogP contribution >= 0.6 is 11.6 Å². The van der Waals surface area contributed by atoms with E-state index >= 15 is 0 Å². The van der Waals surface area contributed by atoms with Gasteiger partial charge >= 0.3 is 6.18 Å². The fraction of sp³-hybridized carbons (Fsp3) is 0.333. The molecule has 4 heterocycles. The third-order valence-corrected chi connectivity index (χ3v) is 7.78.